The van der Waals surface area contributed by atoms with Crippen LogP contribution in [-0.4, -0.2) is 31.5 Å². The zero-order chi connectivity index (χ0) is 18.3. The van der Waals surface area contributed by atoms with Gasteiger partial charge in [0.05, 0.1) is 4.90 Å². The van der Waals surface area contributed by atoms with Crippen LogP contribution in [0.2, 0.25) is 0 Å². The van der Waals surface area contributed by atoms with Crippen LogP contribution in [0.4, 0.5) is 11.8 Å². The maximum absolute atomic E-state index is 11.2. The zero-order valence-electron chi connectivity index (χ0n) is 14.6. The first-order valence-corrected chi connectivity index (χ1v) is 9.82. The molecule has 0 spiro atoms. The van der Waals surface area contributed by atoms with E-state index in [-0.39, 0.29) is 4.90 Å². The van der Waals surface area contributed by atoms with Crippen LogP contribution in [0, 0.1) is 5.92 Å². The smallest absolute Gasteiger partial charge is 0.238 e. The van der Waals surface area contributed by atoms with Crippen molar-refractivity contribution < 1.29 is 8.42 Å². The van der Waals surface area contributed by atoms with E-state index in [0.717, 1.165) is 30.8 Å². The fraction of sp³-hybridized carbons (Fsp3) is 0.412. The van der Waals surface area contributed by atoms with Gasteiger partial charge in [-0.05, 0) is 42.5 Å². The molecular weight excluding hydrogens is 338 g/mol. The van der Waals surface area contributed by atoms with E-state index < -0.39 is 10.0 Å². The number of sulfonamides is 1. The molecule has 136 valence electrons. The lowest BCUT2D eigenvalue weighted by Crippen LogP contribution is -2.12. The van der Waals surface area contributed by atoms with Crippen LogP contribution < -0.4 is 15.8 Å². The van der Waals surface area contributed by atoms with Crippen molar-refractivity contribution in [3.8, 4) is 0 Å². The van der Waals surface area contributed by atoms with Crippen molar-refractivity contribution in [1.29, 1.82) is 0 Å². The Morgan fingerprint density at radius 3 is 2.44 bits per heavy atom. The molecule has 0 saturated heterocycles. The fourth-order valence-corrected chi connectivity index (χ4v) is 2.71. The van der Waals surface area contributed by atoms with Crippen LogP contribution in [0.1, 0.15) is 25.8 Å². The van der Waals surface area contributed by atoms with E-state index in [1.54, 1.807) is 18.3 Å². The number of aromatic nitrogens is 2. The summed E-state index contributed by atoms with van der Waals surface area (Å²) >= 11 is 0. The topological polar surface area (TPSA) is 110 Å². The summed E-state index contributed by atoms with van der Waals surface area (Å²) in [6.07, 6.45) is 3.52. The molecule has 2 aromatic rings. The molecule has 25 heavy (non-hydrogen) atoms. The number of benzene rings is 1. The fourth-order valence-electron chi connectivity index (χ4n) is 2.20. The predicted molar refractivity (Wildman–Crippen MR) is 100.0 cm³/mol. The minimum absolute atomic E-state index is 0.122. The first-order valence-electron chi connectivity index (χ1n) is 8.27. The predicted octanol–water partition coefficient (Wildman–Crippen LogP) is 2.24. The van der Waals surface area contributed by atoms with Gasteiger partial charge in [-0.1, -0.05) is 26.0 Å². The molecule has 0 bridgehead atoms. The Labute approximate surface area is 149 Å². The Morgan fingerprint density at radius 2 is 1.80 bits per heavy atom. The molecule has 0 aliphatic heterocycles. The molecule has 0 radical (unpaired) electrons. The maximum Gasteiger partial charge on any atom is 0.238 e. The van der Waals surface area contributed by atoms with E-state index in [1.165, 1.54) is 12.1 Å². The summed E-state index contributed by atoms with van der Waals surface area (Å²) in [5, 5.41) is 11.5. The average Bonchev–Trinajstić information content (AvgIpc) is 2.55. The van der Waals surface area contributed by atoms with Crippen molar-refractivity contribution in [2.45, 2.75) is 31.6 Å². The Kier molecular flexibility index (Phi) is 6.72. The molecule has 8 heteroatoms. The highest BCUT2D eigenvalue weighted by atomic mass is 32.2. The van der Waals surface area contributed by atoms with Gasteiger partial charge in [0.15, 0.2) is 0 Å². The highest BCUT2D eigenvalue weighted by Gasteiger charge is 2.06. The van der Waals surface area contributed by atoms with Crippen LogP contribution >= 0.6 is 0 Å². The van der Waals surface area contributed by atoms with Crippen LogP contribution in [0.15, 0.2) is 41.4 Å². The molecule has 0 fully saturated rings. The molecule has 4 N–H and O–H groups in total. The number of nitrogens with zero attached hydrogens (tertiary/aromatic N) is 2. The Hall–Kier alpha value is -2.19. The standard InChI is InChI=1S/C17H25N5O2S/c1-13(2)7-10-20-17-21-12-9-16(22-17)19-11-8-14-3-5-15(6-4-14)25(18,23)24/h3-6,9,12-13H,7-8,10-11H2,1-2H3,(H2,18,23,24)(H2,19,20,21,22). The summed E-state index contributed by atoms with van der Waals surface area (Å²) in [6.45, 7) is 5.88. The summed E-state index contributed by atoms with van der Waals surface area (Å²) in [5.41, 5.74) is 1.02. The summed E-state index contributed by atoms with van der Waals surface area (Å²) in [7, 11) is -3.64. The highest BCUT2D eigenvalue weighted by Crippen LogP contribution is 2.10. The third-order valence-corrected chi connectivity index (χ3v) is 4.56. The number of nitrogens with one attached hydrogen (secondary N) is 2. The van der Waals surface area contributed by atoms with Crippen molar-refractivity contribution in [1.82, 2.24) is 9.97 Å². The SMILES string of the molecule is CC(C)CCNc1nccc(NCCc2ccc(S(N)(=O)=O)cc2)n1. The second kappa shape index (κ2) is 8.77. The highest BCUT2D eigenvalue weighted by molar-refractivity contribution is 7.89. The van der Waals surface area contributed by atoms with Crippen LogP contribution in [-0.2, 0) is 16.4 Å². The van der Waals surface area contributed by atoms with E-state index in [0.29, 0.717) is 18.4 Å². The number of primary sulfonamides is 1. The molecular formula is C17H25N5O2S. The van der Waals surface area contributed by atoms with Gasteiger partial charge in [-0.15, -0.1) is 0 Å². The van der Waals surface area contributed by atoms with Crippen LogP contribution in [0.3, 0.4) is 0 Å². The molecule has 0 aliphatic rings. The van der Waals surface area contributed by atoms with E-state index in [4.69, 9.17) is 5.14 Å². The molecule has 1 aromatic carbocycles. The largest absolute Gasteiger partial charge is 0.370 e. The Bertz CT molecular complexity index is 776. The van der Waals surface area contributed by atoms with E-state index in [9.17, 15) is 8.42 Å². The van der Waals surface area contributed by atoms with Crippen molar-refractivity contribution >= 4 is 21.8 Å². The van der Waals surface area contributed by atoms with Crippen LogP contribution in [0.5, 0.6) is 0 Å². The quantitative estimate of drug-likeness (QED) is 0.630. The van der Waals surface area contributed by atoms with Gasteiger partial charge in [0.25, 0.3) is 0 Å². The zero-order valence-corrected chi connectivity index (χ0v) is 15.4. The van der Waals surface area contributed by atoms with Gasteiger partial charge < -0.3 is 10.6 Å². The number of rotatable bonds is 9. The lowest BCUT2D eigenvalue weighted by molar-refractivity contribution is 0.597. The monoisotopic (exact) mass is 363 g/mol. The molecule has 0 atom stereocenters. The molecule has 2 rings (SSSR count). The van der Waals surface area contributed by atoms with Crippen LogP contribution in [0.25, 0.3) is 0 Å². The van der Waals surface area contributed by atoms with Gasteiger partial charge in [-0.25, -0.2) is 18.5 Å². The normalized spacial score (nSPS) is 11.5. The summed E-state index contributed by atoms with van der Waals surface area (Å²) in [5.74, 6) is 2.00. The second-order valence-electron chi connectivity index (χ2n) is 6.24. The maximum atomic E-state index is 11.2. The Balaban J connectivity index is 1.83. The Morgan fingerprint density at radius 1 is 1.08 bits per heavy atom. The van der Waals surface area contributed by atoms with Gasteiger partial charge in [0.2, 0.25) is 16.0 Å². The third kappa shape index (κ3) is 6.67. The number of anilines is 2. The molecule has 0 saturated carbocycles. The molecule has 1 heterocycles. The third-order valence-electron chi connectivity index (χ3n) is 3.63. The number of hydrogen-bond acceptors (Lipinski definition) is 6. The lowest BCUT2D eigenvalue weighted by atomic mass is 10.1. The molecule has 0 unspecified atom stereocenters. The average molecular weight is 363 g/mol. The number of nitrogens with two attached hydrogens (primary N) is 1. The molecule has 1 aromatic heterocycles. The van der Waals surface area contributed by atoms with Gasteiger partial charge in [-0.3, -0.25) is 0 Å². The lowest BCUT2D eigenvalue weighted by Gasteiger charge is -2.09. The second-order valence-corrected chi connectivity index (χ2v) is 7.80. The van der Waals surface area contributed by atoms with E-state index >= 15 is 0 Å². The first-order chi connectivity index (χ1) is 11.8. The summed E-state index contributed by atoms with van der Waals surface area (Å²) < 4.78 is 22.5. The summed E-state index contributed by atoms with van der Waals surface area (Å²) in [4.78, 5) is 8.74. The van der Waals surface area contributed by atoms with E-state index in [1.807, 2.05) is 6.07 Å². The minimum atomic E-state index is -3.64. The van der Waals surface area contributed by atoms with Crippen molar-refractivity contribution in [2.24, 2.45) is 11.1 Å². The van der Waals surface area contributed by atoms with Gasteiger partial charge in [0, 0.05) is 19.3 Å². The molecule has 0 aliphatic carbocycles. The van der Waals surface area contributed by atoms with E-state index in [2.05, 4.69) is 34.4 Å². The van der Waals surface area contributed by atoms with Crippen molar-refractivity contribution in [3.05, 3.63) is 42.1 Å². The van der Waals surface area contributed by atoms with Gasteiger partial charge >= 0.3 is 0 Å². The molecule has 7 nitrogen and oxygen atoms in total. The first kappa shape index (κ1) is 19.1. The van der Waals surface area contributed by atoms with Crippen molar-refractivity contribution in [3.63, 3.8) is 0 Å². The van der Waals surface area contributed by atoms with Gasteiger partial charge in [-0.2, -0.15) is 4.98 Å². The molecule has 0 amide bonds. The number of hydrogen-bond donors (Lipinski definition) is 3. The summed E-state index contributed by atoms with van der Waals surface area (Å²) in [6, 6.07) is 8.39. The minimum Gasteiger partial charge on any atom is -0.370 e. The van der Waals surface area contributed by atoms with Gasteiger partial charge in [0.1, 0.15) is 5.82 Å². The van der Waals surface area contributed by atoms with Crippen molar-refractivity contribution in [2.75, 3.05) is 23.7 Å².